The van der Waals surface area contributed by atoms with Crippen LogP contribution in [0.15, 0.2) is 67.0 Å². The van der Waals surface area contributed by atoms with E-state index in [1.54, 1.807) is 29.2 Å². The molecule has 4 heterocycles. The third-order valence-electron chi connectivity index (χ3n) is 6.80. The molecule has 0 radical (unpaired) electrons. The largest absolute Gasteiger partial charge is 0.352 e. The highest BCUT2D eigenvalue weighted by Crippen LogP contribution is 2.25. The molecule has 0 saturated carbocycles. The molecule has 1 aliphatic rings. The van der Waals surface area contributed by atoms with Crippen LogP contribution in [0, 0.1) is 11.3 Å². The van der Waals surface area contributed by atoms with Gasteiger partial charge in [0.25, 0.3) is 5.91 Å². The number of likely N-dealkylation sites (tertiary alicyclic amines) is 1. The number of nitriles is 1. The van der Waals surface area contributed by atoms with Crippen LogP contribution in [0.5, 0.6) is 0 Å². The number of nitrogens with zero attached hydrogens (tertiary/aromatic N) is 7. The lowest BCUT2D eigenvalue weighted by Gasteiger charge is -2.32. The summed E-state index contributed by atoms with van der Waals surface area (Å²) in [5.41, 5.74) is 3.66. The van der Waals surface area contributed by atoms with Crippen LogP contribution < -0.4 is 10.6 Å². The number of nitrogens with one attached hydrogen (secondary N) is 3. The van der Waals surface area contributed by atoms with Gasteiger partial charge in [-0.05, 0) is 55.3 Å². The number of hydrogen-bond donors (Lipinski definition) is 3. The minimum absolute atomic E-state index is 0.00499. The number of aromatic nitrogens is 6. The summed E-state index contributed by atoms with van der Waals surface area (Å²) >= 11 is 0. The number of piperidine rings is 1. The number of H-pyrrole nitrogens is 1. The SMILES string of the molecule is Cn1nc(-c2cc3ccc(C#N)cc3[nH]2)nc1NC1CCN(C(=O)c2cccc(Nc3ncccn3)c2)CC1. The first-order chi connectivity index (χ1) is 19.1. The van der Waals surface area contributed by atoms with Crippen LogP contribution in [0.1, 0.15) is 28.8 Å². The number of rotatable bonds is 6. The van der Waals surface area contributed by atoms with Crippen molar-refractivity contribution in [3.8, 4) is 17.6 Å². The Morgan fingerprint density at radius 1 is 1.08 bits per heavy atom. The van der Waals surface area contributed by atoms with Crippen LogP contribution in [-0.2, 0) is 7.05 Å². The van der Waals surface area contributed by atoms with E-state index in [0.29, 0.717) is 41.9 Å². The van der Waals surface area contributed by atoms with E-state index in [1.165, 1.54) is 0 Å². The Kier molecular flexibility index (Phi) is 6.34. The Hall–Kier alpha value is -5.24. The zero-order valence-electron chi connectivity index (χ0n) is 21.3. The normalized spacial score (nSPS) is 13.8. The molecule has 1 aliphatic heterocycles. The van der Waals surface area contributed by atoms with Crippen molar-refractivity contribution in [3.63, 3.8) is 0 Å². The third-order valence-corrected chi connectivity index (χ3v) is 6.80. The molecule has 2 aromatic carbocycles. The van der Waals surface area contributed by atoms with Crippen LogP contribution in [-0.4, -0.2) is 59.7 Å². The molecular formula is C28H26N10O. The molecule has 3 aromatic heterocycles. The number of hydrogen-bond acceptors (Lipinski definition) is 8. The van der Waals surface area contributed by atoms with Crippen molar-refractivity contribution in [1.29, 1.82) is 5.26 Å². The molecule has 11 heteroatoms. The number of amides is 1. The Morgan fingerprint density at radius 2 is 1.90 bits per heavy atom. The fourth-order valence-electron chi connectivity index (χ4n) is 4.76. The average molecular weight is 519 g/mol. The first-order valence-electron chi connectivity index (χ1n) is 12.7. The first kappa shape index (κ1) is 24.1. The molecule has 6 rings (SSSR count). The number of carbonyl (C=O) groups is 1. The summed E-state index contributed by atoms with van der Waals surface area (Å²) < 4.78 is 1.73. The average Bonchev–Trinajstić information content (AvgIpc) is 3.56. The van der Waals surface area contributed by atoms with Crippen molar-refractivity contribution in [3.05, 3.63) is 78.1 Å². The molecule has 1 amide bonds. The quantitative estimate of drug-likeness (QED) is 0.305. The molecule has 0 atom stereocenters. The molecule has 11 nitrogen and oxygen atoms in total. The maximum Gasteiger partial charge on any atom is 0.253 e. The third kappa shape index (κ3) is 5.13. The van der Waals surface area contributed by atoms with Gasteiger partial charge in [-0.1, -0.05) is 12.1 Å². The number of carbonyl (C=O) groups excluding carboxylic acids is 1. The van der Waals surface area contributed by atoms with Crippen molar-refractivity contribution in [2.45, 2.75) is 18.9 Å². The van der Waals surface area contributed by atoms with E-state index in [2.05, 4.69) is 36.8 Å². The van der Waals surface area contributed by atoms with Crippen LogP contribution in [0.2, 0.25) is 0 Å². The lowest BCUT2D eigenvalue weighted by Crippen LogP contribution is -2.42. The molecule has 5 aromatic rings. The lowest BCUT2D eigenvalue weighted by atomic mass is 10.0. The van der Waals surface area contributed by atoms with E-state index in [0.717, 1.165) is 35.1 Å². The van der Waals surface area contributed by atoms with Crippen LogP contribution in [0.4, 0.5) is 17.6 Å². The minimum atomic E-state index is 0.00499. The molecular weight excluding hydrogens is 492 g/mol. The number of fused-ring (bicyclic) bond motifs is 1. The van der Waals surface area contributed by atoms with Gasteiger partial charge in [0.2, 0.25) is 11.9 Å². The molecule has 1 saturated heterocycles. The number of benzene rings is 2. The summed E-state index contributed by atoms with van der Waals surface area (Å²) in [6.45, 7) is 1.29. The molecule has 1 fully saturated rings. The summed E-state index contributed by atoms with van der Waals surface area (Å²) in [4.78, 5) is 31.4. The summed E-state index contributed by atoms with van der Waals surface area (Å²) in [6.07, 6.45) is 4.93. The molecule has 3 N–H and O–H groups in total. The monoisotopic (exact) mass is 518 g/mol. The van der Waals surface area contributed by atoms with Gasteiger partial charge in [-0.25, -0.2) is 14.6 Å². The topological polar surface area (TPSA) is 140 Å². The summed E-state index contributed by atoms with van der Waals surface area (Å²) in [5.74, 6) is 1.74. The van der Waals surface area contributed by atoms with Gasteiger partial charge >= 0.3 is 0 Å². The second kappa shape index (κ2) is 10.3. The molecule has 39 heavy (non-hydrogen) atoms. The Balaban J connectivity index is 1.08. The zero-order chi connectivity index (χ0) is 26.8. The van der Waals surface area contributed by atoms with Crippen molar-refractivity contribution >= 4 is 34.4 Å². The molecule has 194 valence electrons. The van der Waals surface area contributed by atoms with Gasteiger partial charge in [-0.3, -0.25) is 4.79 Å². The van der Waals surface area contributed by atoms with Crippen LogP contribution in [0.25, 0.3) is 22.4 Å². The smallest absolute Gasteiger partial charge is 0.253 e. The predicted octanol–water partition coefficient (Wildman–Crippen LogP) is 4.09. The summed E-state index contributed by atoms with van der Waals surface area (Å²) in [7, 11) is 1.86. The van der Waals surface area contributed by atoms with Crippen molar-refractivity contribution < 1.29 is 4.79 Å². The van der Waals surface area contributed by atoms with E-state index in [9.17, 15) is 4.79 Å². The van der Waals surface area contributed by atoms with Crippen LogP contribution >= 0.6 is 0 Å². The van der Waals surface area contributed by atoms with Gasteiger partial charge in [0.1, 0.15) is 0 Å². The van der Waals surface area contributed by atoms with E-state index >= 15 is 0 Å². The van der Waals surface area contributed by atoms with E-state index < -0.39 is 0 Å². The molecule has 0 bridgehead atoms. The molecule has 0 spiro atoms. The maximum absolute atomic E-state index is 13.2. The second-order valence-electron chi connectivity index (χ2n) is 9.47. The van der Waals surface area contributed by atoms with Crippen molar-refractivity contribution in [2.24, 2.45) is 7.05 Å². The molecule has 0 aliphatic carbocycles. The van der Waals surface area contributed by atoms with E-state index in [4.69, 9.17) is 10.2 Å². The molecule has 0 unspecified atom stereocenters. The van der Waals surface area contributed by atoms with Gasteiger partial charge in [-0.2, -0.15) is 10.2 Å². The Labute approximate surface area is 224 Å². The van der Waals surface area contributed by atoms with Gasteiger partial charge < -0.3 is 20.5 Å². The standard InChI is InChI=1S/C28H26N10O/c1-37-28(35-25(36-37)24-16-19-7-6-18(17-29)14-23(19)34-24)33-21-8-12-38(13-9-21)26(39)20-4-2-5-22(15-20)32-27-30-10-3-11-31-27/h2-7,10-11,14-16,21,34H,8-9,12-13H2,1H3,(H,30,31,32)(H,33,35,36). The predicted molar refractivity (Wildman–Crippen MR) is 147 cm³/mol. The summed E-state index contributed by atoms with van der Waals surface area (Å²) in [5, 5.41) is 21.4. The minimum Gasteiger partial charge on any atom is -0.352 e. The van der Waals surface area contributed by atoms with Gasteiger partial charge in [0, 0.05) is 60.7 Å². The van der Waals surface area contributed by atoms with Crippen molar-refractivity contribution in [2.75, 3.05) is 23.7 Å². The summed E-state index contributed by atoms with van der Waals surface area (Å²) in [6, 6.07) is 19.0. The number of anilines is 3. The lowest BCUT2D eigenvalue weighted by molar-refractivity contribution is 0.0718. The fourth-order valence-corrected chi connectivity index (χ4v) is 4.76. The van der Waals surface area contributed by atoms with Gasteiger partial charge in [0.05, 0.1) is 17.3 Å². The van der Waals surface area contributed by atoms with Gasteiger partial charge in [-0.15, -0.1) is 5.10 Å². The first-order valence-corrected chi connectivity index (χ1v) is 12.7. The zero-order valence-corrected chi connectivity index (χ0v) is 21.3. The second-order valence-corrected chi connectivity index (χ2v) is 9.47. The number of aromatic amines is 1. The van der Waals surface area contributed by atoms with E-state index in [1.807, 2.05) is 54.4 Å². The highest BCUT2D eigenvalue weighted by Gasteiger charge is 2.25. The maximum atomic E-state index is 13.2. The highest BCUT2D eigenvalue weighted by molar-refractivity contribution is 5.95. The fraction of sp³-hybridized carbons (Fsp3) is 0.214. The Bertz CT molecular complexity index is 1680. The van der Waals surface area contributed by atoms with Crippen molar-refractivity contribution in [1.82, 2.24) is 34.6 Å². The Morgan fingerprint density at radius 3 is 2.69 bits per heavy atom. The van der Waals surface area contributed by atoms with Gasteiger partial charge in [0.15, 0.2) is 5.82 Å². The highest BCUT2D eigenvalue weighted by atomic mass is 16.2. The number of aryl methyl sites for hydroxylation is 1. The van der Waals surface area contributed by atoms with Crippen LogP contribution in [0.3, 0.4) is 0 Å². The van der Waals surface area contributed by atoms with E-state index in [-0.39, 0.29) is 11.9 Å².